The van der Waals surface area contributed by atoms with Crippen molar-refractivity contribution in [1.82, 2.24) is 9.79 Å². The Labute approximate surface area is 171 Å². The lowest BCUT2D eigenvalue weighted by Crippen LogP contribution is -2.42. The summed E-state index contributed by atoms with van der Waals surface area (Å²) < 4.78 is 34.4. The minimum atomic E-state index is -3.55. The molecule has 0 aromatic heterocycles. The van der Waals surface area contributed by atoms with Gasteiger partial charge >= 0.3 is 0 Å². The lowest BCUT2D eigenvalue weighted by atomic mass is 10.0. The van der Waals surface area contributed by atoms with Crippen LogP contribution in [0.1, 0.15) is 31.9 Å². The second-order valence-electron chi connectivity index (χ2n) is 6.93. The minimum Gasteiger partial charge on any atom is -0.457 e. The Hall–Kier alpha value is -1.64. The molecule has 2 aromatic carbocycles. The molecule has 1 fully saturated rings. The Kier molecular flexibility index (Phi) is 6.62. The van der Waals surface area contributed by atoms with Gasteiger partial charge in [-0.25, -0.2) is 13.1 Å². The minimum absolute atomic E-state index is 0.106. The fraction of sp³-hybridized carbons (Fsp3) is 0.400. The Morgan fingerprint density at radius 2 is 1.96 bits per heavy atom. The molecule has 1 saturated heterocycles. The maximum Gasteiger partial charge on any atom is 0.219 e. The zero-order valence-corrected chi connectivity index (χ0v) is 17.7. The topological polar surface area (TPSA) is 67.9 Å². The summed E-state index contributed by atoms with van der Waals surface area (Å²) in [7, 11) is -1.80. The number of hydrogen-bond acceptors (Lipinski definition) is 5. The highest BCUT2D eigenvalue weighted by Gasteiger charge is 2.43. The number of halogens is 1. The van der Waals surface area contributed by atoms with E-state index < -0.39 is 21.3 Å². The van der Waals surface area contributed by atoms with E-state index in [4.69, 9.17) is 21.2 Å². The highest BCUT2D eigenvalue weighted by molar-refractivity contribution is 7.90. The molecule has 0 bridgehead atoms. The van der Waals surface area contributed by atoms with Gasteiger partial charge < -0.3 is 4.74 Å². The molecule has 3 rings (SSSR count). The first-order valence-corrected chi connectivity index (χ1v) is 11.1. The van der Waals surface area contributed by atoms with Gasteiger partial charge in [-0.3, -0.25) is 4.84 Å². The van der Waals surface area contributed by atoms with Crippen molar-refractivity contribution in [3.63, 3.8) is 0 Å². The first-order valence-electron chi connectivity index (χ1n) is 9.20. The summed E-state index contributed by atoms with van der Waals surface area (Å²) in [5, 5.41) is 1.52. The predicted octanol–water partition coefficient (Wildman–Crippen LogP) is 4.14. The third-order valence-corrected chi connectivity index (χ3v) is 6.99. The van der Waals surface area contributed by atoms with Crippen LogP contribution in [0.2, 0.25) is 5.02 Å². The Morgan fingerprint density at radius 3 is 2.64 bits per heavy atom. The van der Waals surface area contributed by atoms with Crippen LogP contribution in [0, 0.1) is 0 Å². The summed E-state index contributed by atoms with van der Waals surface area (Å²) in [5.41, 5.74) is 0.811. The van der Waals surface area contributed by atoms with E-state index in [2.05, 4.69) is 4.72 Å². The smallest absolute Gasteiger partial charge is 0.219 e. The molecule has 1 aliphatic rings. The van der Waals surface area contributed by atoms with Crippen molar-refractivity contribution in [3.8, 4) is 11.5 Å². The van der Waals surface area contributed by atoms with Crippen molar-refractivity contribution in [2.75, 3.05) is 13.7 Å². The third kappa shape index (κ3) is 4.85. The number of hydrogen-bond donors (Lipinski definition) is 1. The molecule has 0 radical (unpaired) electrons. The van der Waals surface area contributed by atoms with Crippen LogP contribution in [0.5, 0.6) is 11.5 Å². The van der Waals surface area contributed by atoms with Crippen molar-refractivity contribution in [2.24, 2.45) is 0 Å². The van der Waals surface area contributed by atoms with Gasteiger partial charge in [0.1, 0.15) is 16.7 Å². The number of sulfonamides is 1. The van der Waals surface area contributed by atoms with Gasteiger partial charge in [0.2, 0.25) is 10.0 Å². The molecule has 28 heavy (non-hydrogen) atoms. The number of benzene rings is 2. The Morgan fingerprint density at radius 1 is 1.25 bits per heavy atom. The van der Waals surface area contributed by atoms with Crippen molar-refractivity contribution >= 4 is 21.6 Å². The molecule has 2 aromatic rings. The van der Waals surface area contributed by atoms with Crippen LogP contribution in [0.3, 0.4) is 0 Å². The molecule has 0 amide bonds. The summed E-state index contributed by atoms with van der Waals surface area (Å²) in [4.78, 5) is 5.56. The van der Waals surface area contributed by atoms with E-state index in [1.165, 1.54) is 0 Å². The van der Waals surface area contributed by atoms with Crippen molar-refractivity contribution in [3.05, 3.63) is 59.1 Å². The van der Waals surface area contributed by atoms with Crippen LogP contribution in [-0.2, 0) is 14.9 Å². The van der Waals surface area contributed by atoms with Gasteiger partial charge in [0.25, 0.3) is 0 Å². The Balaban J connectivity index is 1.85. The second kappa shape index (κ2) is 8.80. The maximum atomic E-state index is 12.9. The number of ether oxygens (including phenoxy) is 1. The number of hydroxylamine groups is 2. The fourth-order valence-corrected chi connectivity index (χ4v) is 5.07. The molecular formula is C20H25ClN2O4S. The lowest BCUT2D eigenvalue weighted by Gasteiger charge is -2.24. The third-order valence-electron chi connectivity index (χ3n) is 4.81. The van der Waals surface area contributed by atoms with E-state index >= 15 is 0 Å². The van der Waals surface area contributed by atoms with Gasteiger partial charge in [-0.2, -0.15) is 5.06 Å². The van der Waals surface area contributed by atoms with Crippen LogP contribution in [-0.4, -0.2) is 38.4 Å². The summed E-state index contributed by atoms with van der Waals surface area (Å²) in [5.74, 6) is 1.27. The van der Waals surface area contributed by atoms with Gasteiger partial charge in [-0.1, -0.05) is 30.7 Å². The van der Waals surface area contributed by atoms with Gasteiger partial charge in [-0.05, 0) is 55.3 Å². The molecule has 1 heterocycles. The van der Waals surface area contributed by atoms with Gasteiger partial charge in [0.05, 0.1) is 12.6 Å². The summed E-state index contributed by atoms with van der Waals surface area (Å²) in [6.07, 6.45) is 0.720. The summed E-state index contributed by atoms with van der Waals surface area (Å²) >= 11 is 5.91. The van der Waals surface area contributed by atoms with Gasteiger partial charge in [0, 0.05) is 18.1 Å². The zero-order valence-electron chi connectivity index (χ0n) is 16.1. The molecule has 0 aliphatic carbocycles. The Bertz CT molecular complexity index is 905. The van der Waals surface area contributed by atoms with E-state index in [9.17, 15) is 8.42 Å². The molecule has 0 saturated carbocycles. The van der Waals surface area contributed by atoms with E-state index in [0.717, 1.165) is 12.0 Å². The van der Waals surface area contributed by atoms with Crippen molar-refractivity contribution in [1.29, 1.82) is 0 Å². The first kappa shape index (κ1) is 21.1. The highest BCUT2D eigenvalue weighted by Crippen LogP contribution is 2.35. The van der Waals surface area contributed by atoms with Gasteiger partial charge in [0.15, 0.2) is 0 Å². The average molecular weight is 425 g/mol. The lowest BCUT2D eigenvalue weighted by molar-refractivity contribution is -0.110. The van der Waals surface area contributed by atoms with Crippen LogP contribution in [0.15, 0.2) is 48.5 Å². The fourth-order valence-electron chi connectivity index (χ4n) is 3.13. The molecule has 0 spiro atoms. The van der Waals surface area contributed by atoms with Crippen LogP contribution in [0.4, 0.5) is 0 Å². The van der Waals surface area contributed by atoms with E-state index in [1.807, 2.05) is 38.1 Å². The summed E-state index contributed by atoms with van der Waals surface area (Å²) in [6, 6.07) is 13.9. The number of nitrogens with zero attached hydrogens (tertiary/aromatic N) is 1. The van der Waals surface area contributed by atoms with E-state index in [1.54, 1.807) is 36.4 Å². The quantitative estimate of drug-likeness (QED) is 0.723. The molecule has 3 atom stereocenters. The maximum absolute atomic E-state index is 12.9. The van der Waals surface area contributed by atoms with Gasteiger partial charge in [-0.15, -0.1) is 0 Å². The first-order chi connectivity index (χ1) is 13.3. The molecule has 8 heteroatoms. The average Bonchev–Trinajstić information content (AvgIpc) is 3.06. The monoisotopic (exact) mass is 424 g/mol. The molecule has 6 nitrogen and oxygen atoms in total. The molecule has 1 N–H and O–H groups in total. The van der Waals surface area contributed by atoms with Crippen molar-refractivity contribution in [2.45, 2.75) is 37.6 Å². The highest BCUT2D eigenvalue weighted by atomic mass is 35.5. The van der Waals surface area contributed by atoms with E-state index in [0.29, 0.717) is 16.5 Å². The van der Waals surface area contributed by atoms with Crippen LogP contribution < -0.4 is 9.46 Å². The number of rotatable bonds is 7. The largest absolute Gasteiger partial charge is 0.457 e. The normalized spacial score (nSPS) is 21.6. The zero-order chi connectivity index (χ0) is 20.3. The van der Waals surface area contributed by atoms with E-state index in [-0.39, 0.29) is 12.6 Å². The summed E-state index contributed by atoms with van der Waals surface area (Å²) in [6.45, 7) is 3.90. The second-order valence-corrected chi connectivity index (χ2v) is 9.29. The predicted molar refractivity (Wildman–Crippen MR) is 110 cm³/mol. The molecule has 3 unspecified atom stereocenters. The standard InChI is InChI=1S/C20H25ClN2O4S/c1-4-14(2)22-28(24,25)19-13-26-23(3)20(19)15-6-5-7-18(12-15)27-17-10-8-16(21)9-11-17/h5-12,14,19-20,22H,4,13H2,1-3H3. The van der Waals surface area contributed by atoms with Crippen LogP contribution in [0.25, 0.3) is 0 Å². The van der Waals surface area contributed by atoms with Crippen LogP contribution >= 0.6 is 11.6 Å². The number of nitrogens with one attached hydrogen (secondary N) is 1. The molecular weight excluding hydrogens is 400 g/mol. The molecule has 1 aliphatic heterocycles. The SMILES string of the molecule is CCC(C)NS(=O)(=O)C1CON(C)C1c1cccc(Oc2ccc(Cl)cc2)c1. The molecule has 152 valence electrons. The van der Waals surface area contributed by atoms with Crippen molar-refractivity contribution < 1.29 is 18.0 Å².